The van der Waals surface area contributed by atoms with Crippen LogP contribution in [0.1, 0.15) is 6.92 Å². The van der Waals surface area contributed by atoms with Crippen LogP contribution < -0.4 is 0 Å². The van der Waals surface area contributed by atoms with Crippen molar-refractivity contribution >= 4 is 11.8 Å². The van der Waals surface area contributed by atoms with Crippen LogP contribution in [0, 0.1) is 0 Å². The number of thioether (sulfide) groups is 1. The van der Waals surface area contributed by atoms with Gasteiger partial charge in [0.05, 0.1) is 13.2 Å². The first-order chi connectivity index (χ1) is 10.9. The van der Waals surface area contributed by atoms with Crippen molar-refractivity contribution in [3.05, 3.63) is 30.3 Å². The van der Waals surface area contributed by atoms with Gasteiger partial charge in [-0.25, -0.2) is 0 Å². The van der Waals surface area contributed by atoms with E-state index in [2.05, 4.69) is 38.7 Å². The Morgan fingerprint density at radius 3 is 2.64 bits per heavy atom. The lowest BCUT2D eigenvalue weighted by molar-refractivity contribution is 0.0410. The highest BCUT2D eigenvalue weighted by Crippen LogP contribution is 2.23. The number of nitrogens with zero attached hydrogens (tertiary/aromatic N) is 4. The van der Waals surface area contributed by atoms with Gasteiger partial charge in [-0.15, -0.1) is 10.2 Å². The largest absolute Gasteiger partial charge is 0.379 e. The molecule has 1 aromatic carbocycles. The van der Waals surface area contributed by atoms with Crippen LogP contribution in [-0.2, 0) is 11.3 Å². The van der Waals surface area contributed by atoms with E-state index in [1.54, 1.807) is 11.8 Å². The molecule has 3 rings (SSSR count). The summed E-state index contributed by atoms with van der Waals surface area (Å²) in [6.07, 6.45) is 0. The summed E-state index contributed by atoms with van der Waals surface area (Å²) in [6, 6.07) is 10.3. The van der Waals surface area contributed by atoms with Gasteiger partial charge in [-0.1, -0.05) is 42.1 Å². The van der Waals surface area contributed by atoms with Crippen LogP contribution in [0.4, 0.5) is 0 Å². The number of ether oxygens (including phenoxy) is 1. The summed E-state index contributed by atoms with van der Waals surface area (Å²) in [7, 11) is 0. The molecule has 1 aliphatic rings. The molecule has 22 heavy (non-hydrogen) atoms. The zero-order valence-corrected chi connectivity index (χ0v) is 13.8. The lowest BCUT2D eigenvalue weighted by atomic mass is 10.2. The van der Waals surface area contributed by atoms with Crippen molar-refractivity contribution < 1.29 is 4.74 Å². The average molecular weight is 318 g/mol. The summed E-state index contributed by atoms with van der Waals surface area (Å²) in [5.74, 6) is 1.99. The normalized spacial score (nSPS) is 16.0. The Bertz CT molecular complexity index is 581. The molecule has 0 bridgehead atoms. The Kier molecular flexibility index (Phi) is 5.48. The number of morpholine rings is 1. The molecule has 0 unspecified atom stereocenters. The molecule has 1 saturated heterocycles. The van der Waals surface area contributed by atoms with Crippen molar-refractivity contribution in [1.29, 1.82) is 0 Å². The van der Waals surface area contributed by atoms with E-state index in [1.165, 1.54) is 0 Å². The highest BCUT2D eigenvalue weighted by Gasteiger charge is 2.14. The molecule has 6 heteroatoms. The van der Waals surface area contributed by atoms with E-state index in [1.807, 2.05) is 18.2 Å². The van der Waals surface area contributed by atoms with E-state index in [0.29, 0.717) is 0 Å². The number of hydrogen-bond donors (Lipinski definition) is 0. The molecule has 1 aromatic heterocycles. The van der Waals surface area contributed by atoms with Crippen LogP contribution in [0.25, 0.3) is 11.4 Å². The summed E-state index contributed by atoms with van der Waals surface area (Å²) < 4.78 is 7.57. The summed E-state index contributed by atoms with van der Waals surface area (Å²) in [6.45, 7) is 7.89. The summed E-state index contributed by atoms with van der Waals surface area (Å²) >= 11 is 1.79. The van der Waals surface area contributed by atoms with E-state index >= 15 is 0 Å². The van der Waals surface area contributed by atoms with Crippen LogP contribution in [0.3, 0.4) is 0 Å². The minimum Gasteiger partial charge on any atom is -0.379 e. The van der Waals surface area contributed by atoms with E-state index < -0.39 is 0 Å². The van der Waals surface area contributed by atoms with Gasteiger partial charge in [0.15, 0.2) is 11.0 Å². The molecule has 1 aliphatic heterocycles. The van der Waals surface area contributed by atoms with Crippen molar-refractivity contribution in [2.75, 3.05) is 38.6 Å². The van der Waals surface area contributed by atoms with Gasteiger partial charge in [0.2, 0.25) is 0 Å². The van der Waals surface area contributed by atoms with Gasteiger partial charge in [-0.3, -0.25) is 4.90 Å². The summed E-state index contributed by atoms with van der Waals surface area (Å²) in [4.78, 5) is 2.45. The maximum atomic E-state index is 5.38. The molecule has 0 aliphatic carbocycles. The number of aromatic nitrogens is 3. The summed E-state index contributed by atoms with van der Waals surface area (Å²) in [5.41, 5.74) is 1.12. The predicted molar refractivity (Wildman–Crippen MR) is 89.1 cm³/mol. The van der Waals surface area contributed by atoms with Crippen molar-refractivity contribution in [2.45, 2.75) is 18.6 Å². The fraction of sp³-hybridized carbons (Fsp3) is 0.500. The molecule has 1 fully saturated rings. The quantitative estimate of drug-likeness (QED) is 0.765. The van der Waals surface area contributed by atoms with Gasteiger partial charge in [-0.05, 0) is 6.92 Å². The Hall–Kier alpha value is -1.37. The highest BCUT2D eigenvalue weighted by molar-refractivity contribution is 7.99. The lowest BCUT2D eigenvalue weighted by Crippen LogP contribution is -2.37. The van der Waals surface area contributed by atoms with Gasteiger partial charge in [0, 0.05) is 37.5 Å². The average Bonchev–Trinajstić information content (AvgIpc) is 2.99. The Morgan fingerprint density at radius 1 is 1.14 bits per heavy atom. The fourth-order valence-corrected chi connectivity index (χ4v) is 3.57. The zero-order chi connectivity index (χ0) is 15.2. The Labute approximate surface area is 135 Å². The number of benzene rings is 1. The van der Waals surface area contributed by atoms with Crippen LogP contribution in [-0.4, -0.2) is 58.3 Å². The van der Waals surface area contributed by atoms with Crippen LogP contribution in [0.5, 0.6) is 0 Å². The number of rotatable bonds is 6. The lowest BCUT2D eigenvalue weighted by Gasteiger charge is -2.26. The molecule has 0 saturated carbocycles. The van der Waals surface area contributed by atoms with Crippen LogP contribution >= 0.6 is 11.8 Å². The third kappa shape index (κ3) is 3.69. The first kappa shape index (κ1) is 15.5. The zero-order valence-electron chi connectivity index (χ0n) is 12.9. The van der Waals surface area contributed by atoms with E-state index in [9.17, 15) is 0 Å². The monoisotopic (exact) mass is 318 g/mol. The maximum absolute atomic E-state index is 5.38. The molecular formula is C16H22N4OS. The van der Waals surface area contributed by atoms with Crippen molar-refractivity contribution in [3.63, 3.8) is 0 Å². The van der Waals surface area contributed by atoms with Crippen LogP contribution in [0.2, 0.25) is 0 Å². The van der Waals surface area contributed by atoms with Crippen molar-refractivity contribution in [3.8, 4) is 11.4 Å². The highest BCUT2D eigenvalue weighted by atomic mass is 32.2. The molecule has 2 aromatic rings. The first-order valence-electron chi connectivity index (χ1n) is 7.80. The van der Waals surface area contributed by atoms with Gasteiger partial charge in [-0.2, -0.15) is 0 Å². The molecule has 0 spiro atoms. The van der Waals surface area contributed by atoms with Crippen molar-refractivity contribution in [1.82, 2.24) is 19.7 Å². The minimum atomic E-state index is 0.855. The molecule has 118 valence electrons. The number of hydrogen-bond acceptors (Lipinski definition) is 5. The molecule has 0 radical (unpaired) electrons. The third-order valence-corrected chi connectivity index (χ3v) is 4.75. The van der Waals surface area contributed by atoms with Crippen molar-refractivity contribution in [2.24, 2.45) is 0 Å². The second-order valence-electron chi connectivity index (χ2n) is 5.22. The Balaban J connectivity index is 1.63. The molecule has 5 nitrogen and oxygen atoms in total. The fourth-order valence-electron chi connectivity index (χ4n) is 2.57. The van der Waals surface area contributed by atoms with Gasteiger partial charge in [0.1, 0.15) is 0 Å². The van der Waals surface area contributed by atoms with E-state index in [0.717, 1.165) is 61.7 Å². The van der Waals surface area contributed by atoms with Crippen LogP contribution in [0.15, 0.2) is 35.5 Å². The summed E-state index contributed by atoms with van der Waals surface area (Å²) in [5, 5.41) is 9.77. The topological polar surface area (TPSA) is 43.2 Å². The molecule has 0 atom stereocenters. The van der Waals surface area contributed by atoms with Gasteiger partial charge < -0.3 is 9.30 Å². The van der Waals surface area contributed by atoms with E-state index in [4.69, 9.17) is 4.74 Å². The first-order valence-corrected chi connectivity index (χ1v) is 8.78. The Morgan fingerprint density at radius 2 is 1.91 bits per heavy atom. The minimum absolute atomic E-state index is 0.855. The standard InChI is InChI=1S/C16H22N4OS/c1-2-20-15(14-6-4-3-5-7-14)17-18-16(20)22-13-10-19-8-11-21-12-9-19/h3-7H,2,8-13H2,1H3. The maximum Gasteiger partial charge on any atom is 0.191 e. The second kappa shape index (κ2) is 7.76. The van der Waals surface area contributed by atoms with Gasteiger partial charge >= 0.3 is 0 Å². The predicted octanol–water partition coefficient (Wildman–Crippen LogP) is 2.39. The smallest absolute Gasteiger partial charge is 0.191 e. The van der Waals surface area contributed by atoms with E-state index in [-0.39, 0.29) is 0 Å². The second-order valence-corrected chi connectivity index (χ2v) is 6.28. The van der Waals surface area contributed by atoms with Gasteiger partial charge in [0.25, 0.3) is 0 Å². The molecule has 0 amide bonds. The molecule has 2 heterocycles. The molecular weight excluding hydrogens is 296 g/mol. The third-order valence-electron chi connectivity index (χ3n) is 3.81. The SMILES string of the molecule is CCn1c(SCCN2CCOCC2)nnc1-c1ccccc1. The molecule has 0 N–H and O–H groups in total.